The second kappa shape index (κ2) is 6.65. The quantitative estimate of drug-likeness (QED) is 0.814. The molecule has 21 heavy (non-hydrogen) atoms. The molecule has 1 saturated heterocycles. The zero-order valence-corrected chi connectivity index (χ0v) is 12.5. The molecule has 116 valence electrons. The highest BCUT2D eigenvalue weighted by molar-refractivity contribution is 5.88. The van der Waals surface area contributed by atoms with Crippen molar-refractivity contribution in [2.45, 2.75) is 32.7 Å². The molecule has 6 heteroatoms. The van der Waals surface area contributed by atoms with Crippen LogP contribution in [0.5, 0.6) is 5.75 Å². The Hall–Kier alpha value is -1.98. The van der Waals surface area contributed by atoms with Crippen LogP contribution in [0.25, 0.3) is 0 Å². The summed E-state index contributed by atoms with van der Waals surface area (Å²) in [6.45, 7) is 5.54. The van der Waals surface area contributed by atoms with E-state index < -0.39 is 5.82 Å². The number of nitrogens with one attached hydrogen (secondary N) is 1. The Morgan fingerprint density at radius 3 is 2.90 bits per heavy atom. The van der Waals surface area contributed by atoms with Crippen LogP contribution in [0.1, 0.15) is 26.7 Å². The third kappa shape index (κ3) is 3.20. The topological polar surface area (TPSA) is 67.6 Å². The molecule has 0 bridgehead atoms. The van der Waals surface area contributed by atoms with Crippen molar-refractivity contribution in [3.05, 3.63) is 17.9 Å². The fraction of sp³-hybridized carbons (Fsp3) is 0.533. The van der Waals surface area contributed by atoms with E-state index in [1.165, 1.54) is 6.07 Å². The fourth-order valence-electron chi connectivity index (χ4n) is 2.54. The number of ether oxygens (including phenoxy) is 1. The fourth-order valence-corrected chi connectivity index (χ4v) is 2.54. The molecule has 0 aromatic heterocycles. The van der Waals surface area contributed by atoms with Gasteiger partial charge in [0.1, 0.15) is 6.04 Å². The smallest absolute Gasteiger partial charge is 0.242 e. The number of nitrogens with zero attached hydrogens (tertiary/aromatic N) is 1. The molecule has 1 aromatic carbocycles. The molecular weight excluding hydrogens is 273 g/mol. The summed E-state index contributed by atoms with van der Waals surface area (Å²) in [5.41, 5.74) is 6.92. The summed E-state index contributed by atoms with van der Waals surface area (Å²) in [4.78, 5) is 13.9. The van der Waals surface area contributed by atoms with Crippen molar-refractivity contribution in [1.29, 1.82) is 0 Å². The number of amides is 1. The number of carbonyl (C=O) groups excluding carboxylic acids is 1. The largest absolute Gasteiger partial charge is 0.490 e. The summed E-state index contributed by atoms with van der Waals surface area (Å²) in [5, 5.41) is 2.84. The first-order valence-corrected chi connectivity index (χ1v) is 7.34. The van der Waals surface area contributed by atoms with Crippen molar-refractivity contribution < 1.29 is 13.9 Å². The van der Waals surface area contributed by atoms with Crippen LogP contribution in [-0.2, 0) is 4.79 Å². The van der Waals surface area contributed by atoms with Gasteiger partial charge in [-0.2, -0.15) is 0 Å². The first-order valence-electron chi connectivity index (χ1n) is 7.34. The van der Waals surface area contributed by atoms with Crippen molar-refractivity contribution in [3.63, 3.8) is 0 Å². The second-order valence-electron chi connectivity index (χ2n) is 5.10. The number of nitrogen functional groups attached to an aromatic ring is 1. The third-order valence-corrected chi connectivity index (χ3v) is 3.57. The molecular formula is C15H22FN3O2. The number of rotatable bonds is 5. The van der Waals surface area contributed by atoms with Gasteiger partial charge < -0.3 is 20.7 Å². The van der Waals surface area contributed by atoms with Crippen LogP contribution in [0.15, 0.2) is 12.1 Å². The molecule has 1 atom stereocenters. The van der Waals surface area contributed by atoms with E-state index in [1.54, 1.807) is 6.07 Å². The van der Waals surface area contributed by atoms with Gasteiger partial charge in [0.15, 0.2) is 11.6 Å². The SMILES string of the molecule is CCCOc1cc(N2CCNC(=O)C2CC)c(N)cc1F. The molecule has 0 spiro atoms. The highest BCUT2D eigenvalue weighted by Crippen LogP contribution is 2.33. The predicted octanol–water partition coefficient (Wildman–Crippen LogP) is 1.91. The molecule has 1 aromatic rings. The Morgan fingerprint density at radius 2 is 2.24 bits per heavy atom. The summed E-state index contributed by atoms with van der Waals surface area (Å²) in [6.07, 6.45) is 1.46. The van der Waals surface area contributed by atoms with E-state index in [9.17, 15) is 9.18 Å². The lowest BCUT2D eigenvalue weighted by molar-refractivity contribution is -0.123. The van der Waals surface area contributed by atoms with Crippen LogP contribution < -0.4 is 20.7 Å². The molecule has 2 rings (SSSR count). The van der Waals surface area contributed by atoms with E-state index in [0.29, 0.717) is 37.5 Å². The molecule has 1 amide bonds. The van der Waals surface area contributed by atoms with Crippen LogP contribution in [0.2, 0.25) is 0 Å². The Labute approximate surface area is 124 Å². The van der Waals surface area contributed by atoms with Gasteiger partial charge in [0.2, 0.25) is 5.91 Å². The van der Waals surface area contributed by atoms with Gasteiger partial charge in [-0.3, -0.25) is 4.79 Å². The molecule has 1 fully saturated rings. The standard InChI is InChI=1S/C15H22FN3O2/c1-3-7-21-14-9-13(11(17)8-10(14)16)19-6-5-18-15(20)12(19)4-2/h8-9,12H,3-7,17H2,1-2H3,(H,18,20). The molecule has 1 heterocycles. The summed E-state index contributed by atoms with van der Waals surface area (Å²) in [5.74, 6) is -0.315. The van der Waals surface area contributed by atoms with Crippen LogP contribution >= 0.6 is 0 Å². The summed E-state index contributed by atoms with van der Waals surface area (Å²) in [6, 6.07) is 2.58. The molecule has 1 aliphatic rings. The average molecular weight is 295 g/mol. The molecule has 3 N–H and O–H groups in total. The zero-order valence-electron chi connectivity index (χ0n) is 12.5. The third-order valence-electron chi connectivity index (χ3n) is 3.57. The highest BCUT2D eigenvalue weighted by Gasteiger charge is 2.30. The molecule has 0 saturated carbocycles. The second-order valence-corrected chi connectivity index (χ2v) is 5.10. The van der Waals surface area contributed by atoms with Crippen LogP contribution in [-0.4, -0.2) is 31.6 Å². The summed E-state index contributed by atoms with van der Waals surface area (Å²) >= 11 is 0. The van der Waals surface area contributed by atoms with Gasteiger partial charge in [0, 0.05) is 25.2 Å². The number of carbonyl (C=O) groups is 1. The maximum Gasteiger partial charge on any atom is 0.242 e. The Balaban J connectivity index is 2.34. The lowest BCUT2D eigenvalue weighted by Crippen LogP contribution is -2.55. The van der Waals surface area contributed by atoms with Gasteiger partial charge >= 0.3 is 0 Å². The molecule has 0 radical (unpaired) electrons. The number of hydrogen-bond acceptors (Lipinski definition) is 4. The van der Waals surface area contributed by atoms with Crippen molar-refractivity contribution >= 4 is 17.3 Å². The highest BCUT2D eigenvalue weighted by atomic mass is 19.1. The van der Waals surface area contributed by atoms with E-state index in [4.69, 9.17) is 10.5 Å². The minimum atomic E-state index is -0.473. The van der Waals surface area contributed by atoms with Crippen molar-refractivity contribution in [1.82, 2.24) is 5.32 Å². The van der Waals surface area contributed by atoms with E-state index >= 15 is 0 Å². The Kier molecular flexibility index (Phi) is 4.88. The van der Waals surface area contributed by atoms with Crippen LogP contribution in [0.3, 0.4) is 0 Å². The first-order chi connectivity index (χ1) is 10.1. The van der Waals surface area contributed by atoms with E-state index in [1.807, 2.05) is 18.7 Å². The van der Waals surface area contributed by atoms with Crippen LogP contribution in [0, 0.1) is 5.82 Å². The van der Waals surface area contributed by atoms with Crippen molar-refractivity contribution in [2.24, 2.45) is 0 Å². The molecule has 1 unspecified atom stereocenters. The van der Waals surface area contributed by atoms with Crippen molar-refractivity contribution in [2.75, 3.05) is 30.3 Å². The normalized spacial score (nSPS) is 18.5. The van der Waals surface area contributed by atoms with E-state index in [2.05, 4.69) is 5.32 Å². The number of nitrogens with two attached hydrogens (primary N) is 1. The monoisotopic (exact) mass is 295 g/mol. The number of anilines is 2. The van der Waals surface area contributed by atoms with Gasteiger partial charge in [-0.1, -0.05) is 13.8 Å². The number of halogens is 1. The van der Waals surface area contributed by atoms with Gasteiger partial charge in [0.25, 0.3) is 0 Å². The lowest BCUT2D eigenvalue weighted by atomic mass is 10.1. The van der Waals surface area contributed by atoms with Gasteiger partial charge in [-0.05, 0) is 12.8 Å². The van der Waals surface area contributed by atoms with Crippen molar-refractivity contribution in [3.8, 4) is 5.75 Å². The van der Waals surface area contributed by atoms with Gasteiger partial charge in [0.05, 0.1) is 18.0 Å². The zero-order chi connectivity index (χ0) is 15.4. The Morgan fingerprint density at radius 1 is 1.48 bits per heavy atom. The lowest BCUT2D eigenvalue weighted by Gasteiger charge is -2.37. The van der Waals surface area contributed by atoms with E-state index in [0.717, 1.165) is 6.42 Å². The minimum Gasteiger partial charge on any atom is -0.490 e. The van der Waals surface area contributed by atoms with Crippen LogP contribution in [0.4, 0.5) is 15.8 Å². The number of hydrogen-bond donors (Lipinski definition) is 2. The predicted molar refractivity (Wildman–Crippen MR) is 81.0 cm³/mol. The number of benzene rings is 1. The molecule has 0 aliphatic carbocycles. The van der Waals surface area contributed by atoms with Gasteiger partial charge in [-0.15, -0.1) is 0 Å². The summed E-state index contributed by atoms with van der Waals surface area (Å²) < 4.78 is 19.3. The maximum absolute atomic E-state index is 13.9. The maximum atomic E-state index is 13.9. The molecule has 5 nitrogen and oxygen atoms in total. The number of piperazine rings is 1. The first kappa shape index (κ1) is 15.4. The molecule has 1 aliphatic heterocycles. The van der Waals surface area contributed by atoms with E-state index in [-0.39, 0.29) is 17.7 Å². The Bertz CT molecular complexity index is 522. The summed E-state index contributed by atoms with van der Waals surface area (Å²) in [7, 11) is 0. The van der Waals surface area contributed by atoms with Gasteiger partial charge in [-0.25, -0.2) is 4.39 Å². The average Bonchev–Trinajstić information content (AvgIpc) is 2.46. The minimum absolute atomic E-state index is 0.0245.